The van der Waals surface area contributed by atoms with Crippen molar-refractivity contribution in [3.05, 3.63) is 35.8 Å². The van der Waals surface area contributed by atoms with Crippen LogP contribution in [0.3, 0.4) is 0 Å². The number of anilines is 4. The van der Waals surface area contributed by atoms with Crippen molar-refractivity contribution in [3.8, 4) is 0 Å². The van der Waals surface area contributed by atoms with Gasteiger partial charge in [-0.25, -0.2) is 27.2 Å². The molecule has 2 aliphatic heterocycles. The summed E-state index contributed by atoms with van der Waals surface area (Å²) in [6.45, 7) is 4.68. The van der Waals surface area contributed by atoms with E-state index in [-0.39, 0.29) is 30.3 Å². The van der Waals surface area contributed by atoms with Crippen LogP contribution < -0.4 is 19.8 Å². The number of carbonyl (C=O) groups is 1. The first-order valence-electron chi connectivity index (χ1n) is 13.4. The zero-order valence-electron chi connectivity index (χ0n) is 23.1. The van der Waals surface area contributed by atoms with E-state index in [9.17, 15) is 35.2 Å². The maximum Gasteiger partial charge on any atom is 0.433 e. The number of aromatic nitrogens is 2. The summed E-state index contributed by atoms with van der Waals surface area (Å²) in [5, 5.41) is 11.6. The summed E-state index contributed by atoms with van der Waals surface area (Å²) >= 11 is 0. The Kier molecular flexibility index (Phi) is 9.04. The number of sulfonamides is 1. The SMILES string of the molecule is C[Si]1(C)CCN(c2cc(NS(=O)(=O)CCO)ccc2NC(=O)c2nc(N3CCC(F)(F)CC3)cc(C(F)(F)F)n2)CC1. The highest BCUT2D eigenvalue weighted by atomic mass is 32.2. The zero-order valence-corrected chi connectivity index (χ0v) is 25.0. The maximum absolute atomic E-state index is 13.7. The van der Waals surface area contributed by atoms with E-state index >= 15 is 0 Å². The summed E-state index contributed by atoms with van der Waals surface area (Å²) in [5.41, 5.74) is -0.556. The van der Waals surface area contributed by atoms with Crippen LogP contribution >= 0.6 is 0 Å². The molecule has 3 heterocycles. The number of hydrogen-bond acceptors (Lipinski definition) is 8. The molecule has 3 N–H and O–H groups in total. The third-order valence-corrected chi connectivity index (χ3v) is 11.8. The molecule has 1 amide bonds. The summed E-state index contributed by atoms with van der Waals surface area (Å²) in [6, 6.07) is 6.80. The predicted octanol–water partition coefficient (Wildman–Crippen LogP) is 4.25. The molecule has 0 spiro atoms. The van der Waals surface area contributed by atoms with Crippen molar-refractivity contribution in [2.75, 3.05) is 58.4 Å². The van der Waals surface area contributed by atoms with Crippen LogP contribution in [-0.2, 0) is 16.2 Å². The number of nitrogens with one attached hydrogen (secondary N) is 2. The quantitative estimate of drug-likeness (QED) is 0.290. The smallest absolute Gasteiger partial charge is 0.395 e. The van der Waals surface area contributed by atoms with Crippen molar-refractivity contribution in [2.45, 2.75) is 50.1 Å². The molecule has 0 atom stereocenters. The normalized spacial score (nSPS) is 19.0. The summed E-state index contributed by atoms with van der Waals surface area (Å²) in [7, 11) is -5.28. The molecule has 10 nitrogen and oxygen atoms in total. The molecule has 2 fully saturated rings. The van der Waals surface area contributed by atoms with Gasteiger partial charge in [-0.1, -0.05) is 13.1 Å². The second-order valence-electron chi connectivity index (χ2n) is 11.3. The standard InChI is InChI=1S/C25H33F5N6O4SSi/c1-42(2)13-9-35(10-14-42)19-15-17(34-41(39,40)12-11-37)3-4-18(19)31-23(38)22-32-20(25(28,29)30)16-21(33-22)36-7-5-24(26,27)6-8-36/h3-4,15-16,34,37H,5-14H2,1-2H3,(H,31,38). The first kappa shape index (κ1) is 31.9. The van der Waals surface area contributed by atoms with Crippen molar-refractivity contribution in [3.63, 3.8) is 0 Å². The monoisotopic (exact) mass is 636 g/mol. The van der Waals surface area contributed by atoms with Gasteiger partial charge in [-0.05, 0) is 30.3 Å². The molecular formula is C25H33F5N6O4SSi. The molecule has 232 valence electrons. The highest BCUT2D eigenvalue weighted by Gasteiger charge is 2.38. The number of alkyl halides is 5. The number of carbonyl (C=O) groups excluding carboxylic acids is 1. The highest BCUT2D eigenvalue weighted by Crippen LogP contribution is 2.36. The van der Waals surface area contributed by atoms with Crippen molar-refractivity contribution < 1.29 is 40.3 Å². The van der Waals surface area contributed by atoms with E-state index in [2.05, 4.69) is 33.1 Å². The van der Waals surface area contributed by atoms with E-state index in [0.717, 1.165) is 12.1 Å². The minimum absolute atomic E-state index is 0.179. The van der Waals surface area contributed by atoms with Gasteiger partial charge in [0.25, 0.3) is 11.8 Å². The van der Waals surface area contributed by atoms with Crippen LogP contribution in [0.2, 0.25) is 25.2 Å². The second-order valence-corrected chi connectivity index (χ2v) is 18.4. The van der Waals surface area contributed by atoms with Crippen LogP contribution in [0, 0.1) is 0 Å². The van der Waals surface area contributed by atoms with Gasteiger partial charge < -0.3 is 20.2 Å². The van der Waals surface area contributed by atoms with Crippen LogP contribution in [0.25, 0.3) is 0 Å². The molecule has 1 aromatic carbocycles. The Labute approximate surface area is 241 Å². The third-order valence-electron chi connectivity index (χ3n) is 7.36. The number of rotatable bonds is 8. The van der Waals surface area contributed by atoms with Gasteiger partial charge in [-0.2, -0.15) is 13.2 Å². The number of benzene rings is 1. The Morgan fingerprint density at radius 1 is 1.05 bits per heavy atom. The Bertz CT molecular complexity index is 1410. The Morgan fingerprint density at radius 3 is 2.29 bits per heavy atom. The lowest BCUT2D eigenvalue weighted by molar-refractivity contribution is -0.141. The molecule has 0 radical (unpaired) electrons. The lowest BCUT2D eigenvalue weighted by Gasteiger charge is -2.38. The van der Waals surface area contributed by atoms with Crippen molar-refractivity contribution >= 4 is 46.9 Å². The van der Waals surface area contributed by atoms with Crippen LogP contribution in [0.4, 0.5) is 44.8 Å². The third kappa shape index (κ3) is 8.06. The fraction of sp³-hybridized carbons (Fsp3) is 0.560. The van der Waals surface area contributed by atoms with Gasteiger partial charge in [0.2, 0.25) is 15.8 Å². The van der Waals surface area contributed by atoms with Gasteiger partial charge in [0.15, 0.2) is 5.69 Å². The largest absolute Gasteiger partial charge is 0.433 e. The summed E-state index contributed by atoms with van der Waals surface area (Å²) in [5.74, 6) is -5.57. The number of amides is 1. The molecule has 0 unspecified atom stereocenters. The van der Waals surface area contributed by atoms with Gasteiger partial charge in [0, 0.05) is 45.1 Å². The summed E-state index contributed by atoms with van der Waals surface area (Å²) in [6.07, 6.45) is -6.05. The molecule has 2 aromatic rings. The average Bonchev–Trinajstić information content (AvgIpc) is 2.88. The van der Waals surface area contributed by atoms with Gasteiger partial charge in [0.05, 0.1) is 37.5 Å². The van der Waals surface area contributed by atoms with Crippen molar-refractivity contribution in [2.24, 2.45) is 0 Å². The van der Waals surface area contributed by atoms with E-state index < -0.39 is 72.8 Å². The molecular weight excluding hydrogens is 603 g/mol. The van der Waals surface area contributed by atoms with E-state index in [0.29, 0.717) is 24.8 Å². The lowest BCUT2D eigenvalue weighted by atomic mass is 10.1. The molecule has 42 heavy (non-hydrogen) atoms. The van der Waals surface area contributed by atoms with E-state index in [4.69, 9.17) is 5.11 Å². The number of halogens is 5. The van der Waals surface area contributed by atoms with Crippen LogP contribution in [-0.4, -0.2) is 81.9 Å². The first-order valence-corrected chi connectivity index (χ1v) is 18.4. The molecule has 0 saturated carbocycles. The number of nitrogens with zero attached hydrogens (tertiary/aromatic N) is 4. The Hall–Kier alpha value is -3.05. The van der Waals surface area contributed by atoms with E-state index in [1.54, 1.807) is 0 Å². The summed E-state index contributed by atoms with van der Waals surface area (Å²) in [4.78, 5) is 23.9. The maximum atomic E-state index is 13.7. The van der Waals surface area contributed by atoms with Gasteiger partial charge in [0.1, 0.15) is 5.82 Å². The lowest BCUT2D eigenvalue weighted by Crippen LogP contribution is -2.43. The van der Waals surface area contributed by atoms with E-state index in [1.165, 1.54) is 23.1 Å². The fourth-order valence-corrected chi connectivity index (χ4v) is 7.58. The van der Waals surface area contributed by atoms with Gasteiger partial charge in [-0.15, -0.1) is 0 Å². The number of piperidine rings is 1. The summed E-state index contributed by atoms with van der Waals surface area (Å²) < 4.78 is 95.2. The predicted molar refractivity (Wildman–Crippen MR) is 152 cm³/mol. The number of aliphatic hydroxyl groups excluding tert-OH is 1. The Balaban J connectivity index is 1.66. The van der Waals surface area contributed by atoms with Gasteiger partial charge >= 0.3 is 6.18 Å². The minimum atomic E-state index is -4.92. The molecule has 2 aliphatic rings. The van der Waals surface area contributed by atoms with Crippen molar-refractivity contribution in [1.82, 2.24) is 9.97 Å². The number of hydrogen-bond donors (Lipinski definition) is 3. The van der Waals surface area contributed by atoms with Crippen LogP contribution in [0.15, 0.2) is 24.3 Å². The van der Waals surface area contributed by atoms with Gasteiger partial charge in [-0.3, -0.25) is 9.52 Å². The van der Waals surface area contributed by atoms with E-state index in [1.807, 2.05) is 4.90 Å². The van der Waals surface area contributed by atoms with Crippen LogP contribution in [0.1, 0.15) is 29.2 Å². The second kappa shape index (κ2) is 11.9. The molecule has 2 saturated heterocycles. The molecule has 0 bridgehead atoms. The molecule has 17 heteroatoms. The average molecular weight is 637 g/mol. The minimum Gasteiger partial charge on any atom is -0.395 e. The topological polar surface area (TPSA) is 128 Å². The number of aliphatic hydroxyl groups is 1. The first-order chi connectivity index (χ1) is 19.5. The Morgan fingerprint density at radius 2 is 1.69 bits per heavy atom. The molecule has 0 aliphatic carbocycles. The van der Waals surface area contributed by atoms with Crippen LogP contribution in [0.5, 0.6) is 0 Å². The zero-order chi connectivity index (χ0) is 30.9. The molecule has 4 rings (SSSR count). The van der Waals surface area contributed by atoms with Crippen molar-refractivity contribution in [1.29, 1.82) is 0 Å². The highest BCUT2D eigenvalue weighted by molar-refractivity contribution is 7.92. The fourth-order valence-electron chi connectivity index (χ4n) is 4.75. The molecule has 1 aromatic heterocycles.